The van der Waals surface area contributed by atoms with E-state index in [0.29, 0.717) is 0 Å². The summed E-state index contributed by atoms with van der Waals surface area (Å²) < 4.78 is 2.49. The minimum absolute atomic E-state index is 1.21. The van der Waals surface area contributed by atoms with Crippen LogP contribution in [0.3, 0.4) is 0 Å². The summed E-state index contributed by atoms with van der Waals surface area (Å²) in [5, 5.41) is 0. The second-order valence-corrected chi connectivity index (χ2v) is 6.72. The van der Waals surface area contributed by atoms with Crippen LogP contribution in [0.1, 0.15) is 19.3 Å². The van der Waals surface area contributed by atoms with Crippen LogP contribution in [0.2, 0.25) is 6.33 Å². The van der Waals surface area contributed by atoms with Crippen LogP contribution in [0.15, 0.2) is 0 Å². The molecule has 0 aromatic heterocycles. The molecule has 0 nitrogen and oxygen atoms in total. The molecule has 0 spiro atoms. The number of hydrogen-bond donors (Lipinski definition) is 0. The second kappa shape index (κ2) is 2.80. The molecule has 0 heterocycles. The summed E-state index contributed by atoms with van der Waals surface area (Å²) in [5.41, 5.74) is 0. The molecule has 0 aromatic rings. The van der Waals surface area contributed by atoms with Gasteiger partial charge in [0, 0.05) is 0 Å². The van der Waals surface area contributed by atoms with Crippen LogP contribution in [-0.4, -0.2) is 55.9 Å². The van der Waals surface area contributed by atoms with E-state index in [4.69, 9.17) is 0 Å². The zero-order valence-electron chi connectivity index (χ0n) is 6.43. The molecule has 2 aliphatic carbocycles. The van der Waals surface area contributed by atoms with Gasteiger partial charge in [0.2, 0.25) is 0 Å². The predicted molar refractivity (Wildman–Crippen MR) is 39.8 cm³/mol. The van der Waals surface area contributed by atoms with Gasteiger partial charge < -0.3 is 0 Å². The third-order valence-corrected chi connectivity index (χ3v) is 9.15. The SMILES string of the molecule is [Na][CH]1C2CCC(C2)[CH]1[Na]. The third kappa shape index (κ3) is 1.21. The van der Waals surface area contributed by atoms with Crippen LogP contribution in [0.25, 0.3) is 0 Å². The van der Waals surface area contributed by atoms with Gasteiger partial charge in [-0.1, -0.05) is 0 Å². The van der Waals surface area contributed by atoms with Gasteiger partial charge in [-0.25, -0.2) is 0 Å². The van der Waals surface area contributed by atoms with E-state index >= 15 is 0 Å². The van der Waals surface area contributed by atoms with Crippen LogP contribution < -0.4 is 0 Å². The van der Waals surface area contributed by atoms with Crippen LogP contribution in [0, 0.1) is 11.8 Å². The molecule has 2 fully saturated rings. The summed E-state index contributed by atoms with van der Waals surface area (Å²) in [5.74, 6) is 2.42. The Balaban J connectivity index is 2.15. The monoisotopic (exact) mass is 140 g/mol. The van der Waals surface area contributed by atoms with E-state index in [9.17, 15) is 0 Å². The maximum absolute atomic E-state index is 1.63. The molecule has 40 valence electrons. The van der Waals surface area contributed by atoms with Crippen molar-refractivity contribution in [2.75, 3.05) is 0 Å². The molecule has 2 bridgehead atoms. The molecule has 0 amide bonds. The molecule has 0 N–H and O–H groups in total. The second-order valence-electron chi connectivity index (χ2n) is 4.05. The van der Waals surface area contributed by atoms with Gasteiger partial charge >= 0.3 is 93.3 Å². The first-order valence-corrected chi connectivity index (χ1v) is 6.60. The van der Waals surface area contributed by atoms with E-state index < -0.39 is 0 Å². The topological polar surface area (TPSA) is 0 Å². The van der Waals surface area contributed by atoms with E-state index in [0.717, 1.165) is 0 Å². The fourth-order valence-electron chi connectivity index (χ4n) is 2.87. The molecule has 2 aliphatic rings. The predicted octanol–water partition coefficient (Wildman–Crippen LogP) is 1.33. The first kappa shape index (κ1) is 7.64. The molecule has 0 aromatic carbocycles. The van der Waals surface area contributed by atoms with Crippen molar-refractivity contribution >= 4 is 55.9 Å². The Hall–Kier alpha value is 2.00. The average molecular weight is 140 g/mol. The molecule has 4 atom stereocenters. The number of fused-ring (bicyclic) bond motifs is 2. The van der Waals surface area contributed by atoms with Crippen LogP contribution in [0.5, 0.6) is 0 Å². The van der Waals surface area contributed by atoms with Gasteiger partial charge in [0.05, 0.1) is 0 Å². The third-order valence-electron chi connectivity index (χ3n) is 3.83. The fourth-order valence-corrected chi connectivity index (χ4v) is 5.17. The van der Waals surface area contributed by atoms with E-state index in [2.05, 4.69) is 0 Å². The molecule has 9 heavy (non-hydrogen) atoms. The van der Waals surface area contributed by atoms with Gasteiger partial charge in [0.25, 0.3) is 0 Å². The Morgan fingerprint density at radius 2 is 1.33 bits per heavy atom. The zero-order valence-corrected chi connectivity index (χ0v) is 10.4. The Bertz CT molecular complexity index is 106. The Kier molecular flexibility index (Phi) is 2.38. The van der Waals surface area contributed by atoms with E-state index in [-0.39, 0.29) is 0 Å². The fraction of sp³-hybridized carbons (Fsp3) is 1.00. The van der Waals surface area contributed by atoms with Gasteiger partial charge in [-0.3, -0.25) is 0 Å². The Morgan fingerprint density at radius 3 is 1.56 bits per heavy atom. The normalized spacial score (nSPS) is 56.9. The minimum atomic E-state index is 1.21. The molecular formula is C7H10Na2. The summed E-state index contributed by atoms with van der Waals surface area (Å²) >= 11 is 2.99. The molecule has 4 unspecified atom stereocenters. The van der Waals surface area contributed by atoms with Crippen molar-refractivity contribution in [2.45, 2.75) is 25.6 Å². The van der Waals surface area contributed by atoms with Crippen molar-refractivity contribution in [3.8, 4) is 0 Å². The summed E-state index contributed by atoms with van der Waals surface area (Å²) in [6.07, 6.45) is 4.82. The molecule has 0 aliphatic heterocycles. The van der Waals surface area contributed by atoms with Gasteiger partial charge in [-0.2, -0.15) is 0 Å². The van der Waals surface area contributed by atoms with E-state index in [1.165, 1.54) is 74.0 Å². The number of hydrogen-bond acceptors (Lipinski definition) is 0. The van der Waals surface area contributed by atoms with Gasteiger partial charge in [-0.15, -0.1) is 0 Å². The summed E-state index contributed by atoms with van der Waals surface area (Å²) in [4.78, 5) is 0. The summed E-state index contributed by atoms with van der Waals surface area (Å²) in [7, 11) is 0. The van der Waals surface area contributed by atoms with E-state index in [1.807, 2.05) is 0 Å². The van der Waals surface area contributed by atoms with E-state index in [1.54, 1.807) is 19.3 Å². The van der Waals surface area contributed by atoms with Crippen LogP contribution in [-0.2, 0) is 0 Å². The zero-order chi connectivity index (χ0) is 6.43. The summed E-state index contributed by atoms with van der Waals surface area (Å²) in [6, 6.07) is 0. The van der Waals surface area contributed by atoms with Crippen molar-refractivity contribution in [2.24, 2.45) is 11.8 Å². The molecule has 2 heteroatoms. The first-order chi connectivity index (χ1) is 4.29. The van der Waals surface area contributed by atoms with Crippen molar-refractivity contribution in [3.05, 3.63) is 0 Å². The number of rotatable bonds is 0. The Morgan fingerprint density at radius 1 is 0.889 bits per heavy atom. The summed E-state index contributed by atoms with van der Waals surface area (Å²) in [6.45, 7) is 0. The first-order valence-electron chi connectivity index (χ1n) is 4.29. The standard InChI is InChI=1S/C7H10.2Na/c1-2-7-4-3-6(1)5-7;;/h1-2,6-7H,3-5H2;;. The van der Waals surface area contributed by atoms with Crippen molar-refractivity contribution < 1.29 is 0 Å². The van der Waals surface area contributed by atoms with Crippen LogP contribution in [0.4, 0.5) is 0 Å². The molecule has 0 saturated heterocycles. The molecular weight excluding hydrogens is 130 g/mol. The average Bonchev–Trinajstić information content (AvgIpc) is 2.37. The molecule has 2 saturated carbocycles. The van der Waals surface area contributed by atoms with Crippen LogP contribution >= 0.6 is 0 Å². The van der Waals surface area contributed by atoms with Crippen molar-refractivity contribution in [1.29, 1.82) is 0 Å². The Labute approximate surface area is 92.0 Å². The maximum atomic E-state index is 1.63. The van der Waals surface area contributed by atoms with Crippen molar-refractivity contribution in [1.82, 2.24) is 0 Å². The van der Waals surface area contributed by atoms with Gasteiger partial charge in [-0.05, 0) is 0 Å². The molecule has 2 rings (SSSR count). The quantitative estimate of drug-likeness (QED) is 0.445. The van der Waals surface area contributed by atoms with Gasteiger partial charge in [0.15, 0.2) is 0 Å². The van der Waals surface area contributed by atoms with Gasteiger partial charge in [0.1, 0.15) is 0 Å². The van der Waals surface area contributed by atoms with Crippen molar-refractivity contribution in [3.63, 3.8) is 0 Å². The molecule has 0 radical (unpaired) electrons.